The molecule has 2 amide bonds. The molecule has 2 N–H and O–H groups in total. The first-order valence-electron chi connectivity index (χ1n) is 12.3. The van der Waals surface area contributed by atoms with E-state index < -0.39 is 0 Å². The first-order valence-corrected chi connectivity index (χ1v) is 14.1. The number of aryl methyl sites for hydroxylation is 1. The van der Waals surface area contributed by atoms with Crippen LogP contribution in [-0.2, 0) is 24.3 Å². The lowest BCUT2D eigenvalue weighted by molar-refractivity contribution is -0.113. The fraction of sp³-hybridized carbons (Fsp3) is 0.179. The number of anilines is 1. The summed E-state index contributed by atoms with van der Waals surface area (Å²) in [6.45, 7) is 0.803. The zero-order valence-electron chi connectivity index (χ0n) is 21.2. The summed E-state index contributed by atoms with van der Waals surface area (Å²) in [7, 11) is 1.58. The van der Waals surface area contributed by atoms with Crippen LogP contribution < -0.4 is 15.4 Å². The van der Waals surface area contributed by atoms with Gasteiger partial charge >= 0.3 is 0 Å². The number of carbonyl (C=O) groups is 2. The van der Waals surface area contributed by atoms with Crippen molar-refractivity contribution in [1.29, 1.82) is 0 Å². The van der Waals surface area contributed by atoms with Gasteiger partial charge in [-0.15, -0.1) is 10.2 Å². The van der Waals surface area contributed by atoms with Crippen LogP contribution in [-0.4, -0.2) is 44.4 Å². The van der Waals surface area contributed by atoms with Gasteiger partial charge in [-0.1, -0.05) is 65.6 Å². The Hall–Kier alpha value is -4.22. The molecule has 0 aliphatic carbocycles. The number of amides is 2. The van der Waals surface area contributed by atoms with E-state index in [0.717, 1.165) is 16.6 Å². The van der Waals surface area contributed by atoms with E-state index in [1.165, 1.54) is 28.7 Å². The fourth-order valence-corrected chi connectivity index (χ4v) is 5.55. The van der Waals surface area contributed by atoms with Gasteiger partial charge in [0.15, 0.2) is 16.1 Å². The van der Waals surface area contributed by atoms with Crippen LogP contribution in [0.4, 0.5) is 5.13 Å². The minimum Gasteiger partial charge on any atom is -0.497 e. The largest absolute Gasteiger partial charge is 0.497 e. The number of methoxy groups -OCH3 is 1. The van der Waals surface area contributed by atoms with Gasteiger partial charge in [-0.3, -0.25) is 9.59 Å². The van der Waals surface area contributed by atoms with Crippen LogP contribution in [0.5, 0.6) is 5.75 Å². The molecule has 9 nitrogen and oxygen atoms in total. The van der Waals surface area contributed by atoms with E-state index >= 15 is 0 Å². The van der Waals surface area contributed by atoms with Gasteiger partial charge < -0.3 is 19.9 Å². The molecule has 0 saturated heterocycles. The number of aromatic nitrogens is 4. The average Bonchev–Trinajstić information content (AvgIpc) is 3.57. The normalized spacial score (nSPS) is 10.9. The van der Waals surface area contributed by atoms with E-state index in [0.29, 0.717) is 34.0 Å². The Morgan fingerprint density at radius 3 is 2.51 bits per heavy atom. The average molecular weight is 559 g/mol. The zero-order valence-corrected chi connectivity index (χ0v) is 22.8. The number of thioether (sulfide) groups is 1. The number of ether oxygens (including phenoxy) is 1. The van der Waals surface area contributed by atoms with E-state index in [9.17, 15) is 9.59 Å². The molecule has 2 heterocycles. The SMILES string of the molecule is COc1ccc(C(=O)NCc2nnc(SCC(=O)Nc3nc4ccccc4s3)n2CCc2ccccc2)cc1. The highest BCUT2D eigenvalue weighted by Gasteiger charge is 2.16. The summed E-state index contributed by atoms with van der Waals surface area (Å²) in [6, 6.07) is 24.8. The second kappa shape index (κ2) is 12.5. The number of thiazole rings is 1. The minimum atomic E-state index is -0.223. The number of rotatable bonds is 11. The third-order valence-electron chi connectivity index (χ3n) is 5.89. The van der Waals surface area contributed by atoms with Crippen molar-refractivity contribution >= 4 is 50.3 Å². The molecule has 0 saturated carbocycles. The third kappa shape index (κ3) is 6.81. The maximum atomic E-state index is 12.7. The highest BCUT2D eigenvalue weighted by atomic mass is 32.2. The molecule has 5 rings (SSSR count). The smallest absolute Gasteiger partial charge is 0.251 e. The first kappa shape index (κ1) is 26.4. The third-order valence-corrected chi connectivity index (χ3v) is 7.81. The highest BCUT2D eigenvalue weighted by molar-refractivity contribution is 7.99. The van der Waals surface area contributed by atoms with Crippen molar-refractivity contribution < 1.29 is 14.3 Å². The molecule has 11 heteroatoms. The number of para-hydroxylation sites is 1. The molecule has 0 aliphatic heterocycles. The highest BCUT2D eigenvalue weighted by Crippen LogP contribution is 2.26. The van der Waals surface area contributed by atoms with E-state index in [-0.39, 0.29) is 24.1 Å². The van der Waals surface area contributed by atoms with E-state index in [4.69, 9.17) is 4.74 Å². The number of nitrogens with one attached hydrogen (secondary N) is 2. The van der Waals surface area contributed by atoms with Gasteiger partial charge in [0, 0.05) is 12.1 Å². The predicted octanol–water partition coefficient (Wildman–Crippen LogP) is 4.80. The molecule has 0 spiro atoms. The second-order valence-electron chi connectivity index (χ2n) is 8.52. The van der Waals surface area contributed by atoms with Crippen LogP contribution in [0.25, 0.3) is 10.2 Å². The summed E-state index contributed by atoms with van der Waals surface area (Å²) in [4.78, 5) is 29.8. The maximum Gasteiger partial charge on any atom is 0.251 e. The number of hydrogen-bond donors (Lipinski definition) is 2. The Bertz CT molecular complexity index is 1530. The summed E-state index contributed by atoms with van der Waals surface area (Å²) in [5, 5.41) is 15.6. The number of hydrogen-bond acceptors (Lipinski definition) is 8. The van der Waals surface area contributed by atoms with E-state index in [1.54, 1.807) is 31.4 Å². The number of benzene rings is 3. The summed E-state index contributed by atoms with van der Waals surface area (Å²) >= 11 is 2.74. The topological polar surface area (TPSA) is 111 Å². The standard InChI is InChI=1S/C28H26N6O3S2/c1-37-21-13-11-20(12-14-21)26(36)29-17-24-32-33-28(34(24)16-15-19-7-3-2-4-8-19)38-18-25(35)31-27-30-22-9-5-6-10-23(22)39-27/h2-14H,15-18H2,1H3,(H,29,36)(H,30,31,35). The molecule has 0 atom stereocenters. The summed E-state index contributed by atoms with van der Waals surface area (Å²) in [6.07, 6.45) is 0.754. The molecule has 3 aromatic carbocycles. The van der Waals surface area contributed by atoms with Gasteiger partial charge in [-0.05, 0) is 48.4 Å². The van der Waals surface area contributed by atoms with E-state index in [2.05, 4.69) is 37.9 Å². The first-order chi connectivity index (χ1) is 19.1. The zero-order chi connectivity index (χ0) is 27.0. The van der Waals surface area contributed by atoms with Gasteiger partial charge in [0.05, 0.1) is 29.6 Å². The maximum absolute atomic E-state index is 12.7. The number of fused-ring (bicyclic) bond motifs is 1. The van der Waals surface area contributed by atoms with Crippen LogP contribution in [0, 0.1) is 0 Å². The Morgan fingerprint density at radius 2 is 1.74 bits per heavy atom. The summed E-state index contributed by atoms with van der Waals surface area (Å²) in [5.41, 5.74) is 2.55. The van der Waals surface area contributed by atoms with Crippen LogP contribution >= 0.6 is 23.1 Å². The summed E-state index contributed by atoms with van der Waals surface area (Å²) < 4.78 is 8.13. The molecule has 5 aromatic rings. The Labute approximate surface area is 233 Å². The van der Waals surface area contributed by atoms with Gasteiger partial charge in [-0.25, -0.2) is 4.98 Å². The second-order valence-corrected chi connectivity index (χ2v) is 10.5. The van der Waals surface area contributed by atoms with E-state index in [1.807, 2.05) is 47.0 Å². The monoisotopic (exact) mass is 558 g/mol. The molecule has 39 heavy (non-hydrogen) atoms. The van der Waals surface area contributed by atoms with Gasteiger partial charge in [0.1, 0.15) is 5.75 Å². The Morgan fingerprint density at radius 1 is 0.974 bits per heavy atom. The van der Waals surface area contributed by atoms with Crippen molar-refractivity contribution in [1.82, 2.24) is 25.1 Å². The Balaban J connectivity index is 1.25. The molecular weight excluding hydrogens is 532 g/mol. The lowest BCUT2D eigenvalue weighted by Crippen LogP contribution is -2.25. The van der Waals surface area contributed by atoms with Crippen LogP contribution in [0.15, 0.2) is 84.0 Å². The van der Waals surface area contributed by atoms with Crippen molar-refractivity contribution in [3.05, 3.63) is 95.8 Å². The molecular formula is C28H26N6O3S2. The Kier molecular flexibility index (Phi) is 8.49. The van der Waals surface area contributed by atoms with Gasteiger partial charge in [0.25, 0.3) is 5.91 Å². The molecule has 0 bridgehead atoms. The number of nitrogens with zero attached hydrogens (tertiary/aromatic N) is 4. The fourth-order valence-electron chi connectivity index (χ4n) is 3.88. The molecule has 0 fully saturated rings. The van der Waals surface area contributed by atoms with Crippen molar-refractivity contribution in [2.24, 2.45) is 0 Å². The molecule has 198 valence electrons. The molecule has 0 radical (unpaired) electrons. The lowest BCUT2D eigenvalue weighted by atomic mass is 10.1. The van der Waals surface area contributed by atoms with Crippen molar-refractivity contribution in [3.63, 3.8) is 0 Å². The molecule has 0 unspecified atom stereocenters. The quantitative estimate of drug-likeness (QED) is 0.224. The number of carbonyl (C=O) groups excluding carboxylic acids is 2. The van der Waals surface area contributed by atoms with Gasteiger partial charge in [0.2, 0.25) is 5.91 Å². The summed E-state index contributed by atoms with van der Waals surface area (Å²) in [5.74, 6) is 1.05. The molecule has 2 aromatic heterocycles. The van der Waals surface area contributed by atoms with Crippen molar-refractivity contribution in [3.8, 4) is 5.75 Å². The van der Waals surface area contributed by atoms with Gasteiger partial charge in [-0.2, -0.15) is 0 Å². The van der Waals surface area contributed by atoms with Crippen LogP contribution in [0.3, 0.4) is 0 Å². The van der Waals surface area contributed by atoms with Crippen molar-refractivity contribution in [2.45, 2.75) is 24.7 Å². The predicted molar refractivity (Wildman–Crippen MR) is 153 cm³/mol. The van der Waals surface area contributed by atoms with Crippen LogP contribution in [0.1, 0.15) is 21.7 Å². The minimum absolute atomic E-state index is 0.150. The van der Waals surface area contributed by atoms with Crippen LogP contribution in [0.2, 0.25) is 0 Å². The lowest BCUT2D eigenvalue weighted by Gasteiger charge is -2.11. The van der Waals surface area contributed by atoms with Crippen molar-refractivity contribution in [2.75, 3.05) is 18.2 Å². The molecule has 0 aliphatic rings.